The second-order valence-corrected chi connectivity index (χ2v) is 5.26. The van der Waals surface area contributed by atoms with Gasteiger partial charge in [0.05, 0.1) is 7.11 Å². The highest BCUT2D eigenvalue weighted by molar-refractivity contribution is 6.31. The predicted octanol–water partition coefficient (Wildman–Crippen LogP) is 3.86. The van der Waals surface area contributed by atoms with Gasteiger partial charge in [0.1, 0.15) is 5.75 Å². The Morgan fingerprint density at radius 2 is 1.91 bits per heavy atom. The molecule has 2 aromatic rings. The van der Waals surface area contributed by atoms with Crippen LogP contribution in [0.25, 0.3) is 6.08 Å². The molecule has 0 aliphatic heterocycles. The molecule has 0 heterocycles. The van der Waals surface area contributed by atoms with E-state index in [0.29, 0.717) is 18.0 Å². The summed E-state index contributed by atoms with van der Waals surface area (Å²) in [5, 5.41) is 6.17. The molecule has 0 atom stereocenters. The van der Waals surface area contributed by atoms with Crippen LogP contribution in [-0.2, 0) is 6.42 Å². The maximum Gasteiger partial charge on any atom is 0.318 e. The van der Waals surface area contributed by atoms with Crippen LogP contribution < -0.4 is 15.4 Å². The topological polar surface area (TPSA) is 50.4 Å². The molecule has 0 radical (unpaired) electrons. The van der Waals surface area contributed by atoms with E-state index in [4.69, 9.17) is 16.3 Å². The molecule has 2 amide bonds. The molecular formula is C18H19ClN2O2. The Kier molecular flexibility index (Phi) is 6.51. The van der Waals surface area contributed by atoms with Crippen LogP contribution in [0.15, 0.2) is 54.7 Å². The van der Waals surface area contributed by atoms with E-state index in [1.165, 1.54) is 0 Å². The number of rotatable bonds is 6. The quantitative estimate of drug-likeness (QED) is 0.845. The molecule has 0 unspecified atom stereocenters. The van der Waals surface area contributed by atoms with E-state index in [9.17, 15) is 4.79 Å². The Morgan fingerprint density at radius 1 is 1.17 bits per heavy atom. The number of halogens is 1. The van der Waals surface area contributed by atoms with Crippen molar-refractivity contribution in [2.75, 3.05) is 13.7 Å². The van der Waals surface area contributed by atoms with Crippen LogP contribution in [0.5, 0.6) is 5.75 Å². The molecule has 2 N–H and O–H groups in total. The largest absolute Gasteiger partial charge is 0.497 e. The average molecular weight is 331 g/mol. The van der Waals surface area contributed by atoms with Gasteiger partial charge in [-0.25, -0.2) is 4.79 Å². The molecule has 0 bridgehead atoms. The summed E-state index contributed by atoms with van der Waals surface area (Å²) in [6.45, 7) is 0.520. The first kappa shape index (κ1) is 16.9. The molecule has 4 nitrogen and oxygen atoms in total. The third-order valence-corrected chi connectivity index (χ3v) is 3.61. The molecule has 0 aliphatic carbocycles. The highest BCUT2D eigenvalue weighted by Gasteiger charge is 2.00. The molecule has 5 heteroatoms. The van der Waals surface area contributed by atoms with Crippen LogP contribution >= 0.6 is 11.6 Å². The van der Waals surface area contributed by atoms with Gasteiger partial charge >= 0.3 is 6.03 Å². The first-order valence-corrected chi connectivity index (χ1v) is 7.65. The molecule has 0 spiro atoms. The van der Waals surface area contributed by atoms with Crippen LogP contribution in [-0.4, -0.2) is 19.7 Å². The lowest BCUT2D eigenvalue weighted by Crippen LogP contribution is -2.33. The summed E-state index contributed by atoms with van der Waals surface area (Å²) in [6.07, 6.45) is 4.11. The zero-order valence-corrected chi connectivity index (χ0v) is 13.6. The number of ether oxygens (including phenoxy) is 1. The van der Waals surface area contributed by atoms with Crippen molar-refractivity contribution in [3.8, 4) is 5.75 Å². The van der Waals surface area contributed by atoms with Crippen LogP contribution in [0.1, 0.15) is 11.1 Å². The lowest BCUT2D eigenvalue weighted by atomic mass is 10.1. The van der Waals surface area contributed by atoms with Gasteiger partial charge in [-0.2, -0.15) is 0 Å². The Bertz CT molecular complexity index is 669. The minimum Gasteiger partial charge on any atom is -0.497 e. The number of amides is 2. The molecule has 0 aliphatic rings. The smallest absolute Gasteiger partial charge is 0.318 e. The molecule has 0 fully saturated rings. The summed E-state index contributed by atoms with van der Waals surface area (Å²) in [7, 11) is 1.62. The maximum absolute atomic E-state index is 11.7. The Balaban J connectivity index is 1.72. The molecule has 0 saturated carbocycles. The fraction of sp³-hybridized carbons (Fsp3) is 0.167. The fourth-order valence-electron chi connectivity index (χ4n) is 1.99. The fourth-order valence-corrected chi connectivity index (χ4v) is 2.22. The van der Waals surface area contributed by atoms with Crippen molar-refractivity contribution in [3.05, 3.63) is 70.9 Å². The van der Waals surface area contributed by atoms with Gasteiger partial charge in [-0.1, -0.05) is 41.9 Å². The number of hydrogen-bond acceptors (Lipinski definition) is 2. The maximum atomic E-state index is 11.7. The summed E-state index contributed by atoms with van der Waals surface area (Å²) in [5.74, 6) is 0.799. The van der Waals surface area contributed by atoms with Gasteiger partial charge in [0.25, 0.3) is 0 Å². The second kappa shape index (κ2) is 8.86. The van der Waals surface area contributed by atoms with Gasteiger partial charge in [-0.05, 0) is 41.8 Å². The number of methoxy groups -OCH3 is 1. The van der Waals surface area contributed by atoms with Crippen molar-refractivity contribution >= 4 is 23.7 Å². The number of nitrogens with one attached hydrogen (secondary N) is 2. The van der Waals surface area contributed by atoms with E-state index in [2.05, 4.69) is 10.6 Å². The zero-order valence-electron chi connectivity index (χ0n) is 12.9. The van der Waals surface area contributed by atoms with Gasteiger partial charge in [0.2, 0.25) is 0 Å². The highest BCUT2D eigenvalue weighted by atomic mass is 35.5. The lowest BCUT2D eigenvalue weighted by Gasteiger charge is -2.06. The third-order valence-electron chi connectivity index (χ3n) is 3.24. The third kappa shape index (κ3) is 5.68. The van der Waals surface area contributed by atoms with Gasteiger partial charge < -0.3 is 15.4 Å². The molecule has 2 rings (SSSR count). The predicted molar refractivity (Wildman–Crippen MR) is 93.7 cm³/mol. The van der Waals surface area contributed by atoms with Crippen molar-refractivity contribution < 1.29 is 9.53 Å². The van der Waals surface area contributed by atoms with Gasteiger partial charge in [-0.3, -0.25) is 0 Å². The summed E-state index contributed by atoms with van der Waals surface area (Å²) < 4.78 is 5.09. The summed E-state index contributed by atoms with van der Waals surface area (Å²) >= 11 is 6.06. The van der Waals surface area contributed by atoms with Crippen molar-refractivity contribution in [1.82, 2.24) is 10.6 Å². The standard InChI is InChI=1S/C18H19ClN2O2/c1-23-16-8-6-14(7-9-16)10-12-20-18(22)21-13-11-15-4-2-3-5-17(15)19/h2-10,12H,11,13H2,1H3,(H2,20,21,22)/b12-10+. The molecule has 0 aromatic heterocycles. The molecule has 2 aromatic carbocycles. The number of benzene rings is 2. The number of urea groups is 1. The number of hydrogen-bond donors (Lipinski definition) is 2. The number of carbonyl (C=O) groups excluding carboxylic acids is 1. The first-order valence-electron chi connectivity index (χ1n) is 7.27. The van der Waals surface area contributed by atoms with Crippen LogP contribution in [0.3, 0.4) is 0 Å². The molecule has 23 heavy (non-hydrogen) atoms. The van der Waals surface area contributed by atoms with Gasteiger partial charge in [-0.15, -0.1) is 0 Å². The SMILES string of the molecule is COc1ccc(/C=C/NC(=O)NCCc2ccccc2Cl)cc1. The van der Waals surface area contributed by atoms with E-state index in [1.807, 2.05) is 54.6 Å². The Hall–Kier alpha value is -2.46. The van der Waals surface area contributed by atoms with E-state index in [0.717, 1.165) is 16.9 Å². The van der Waals surface area contributed by atoms with E-state index < -0.39 is 0 Å². The lowest BCUT2D eigenvalue weighted by molar-refractivity contribution is 0.244. The van der Waals surface area contributed by atoms with E-state index in [-0.39, 0.29) is 6.03 Å². The minimum absolute atomic E-state index is 0.248. The van der Waals surface area contributed by atoms with Crippen LogP contribution in [0, 0.1) is 0 Å². The second-order valence-electron chi connectivity index (χ2n) is 4.85. The molecule has 0 saturated heterocycles. The Labute approximate surface area is 141 Å². The monoisotopic (exact) mass is 330 g/mol. The summed E-state index contributed by atoms with van der Waals surface area (Å²) in [5.41, 5.74) is 1.99. The van der Waals surface area contributed by atoms with Gasteiger partial charge in [0, 0.05) is 17.8 Å². The van der Waals surface area contributed by atoms with Crippen LogP contribution in [0.2, 0.25) is 5.02 Å². The highest BCUT2D eigenvalue weighted by Crippen LogP contribution is 2.14. The normalized spacial score (nSPS) is 10.5. The van der Waals surface area contributed by atoms with Crippen molar-refractivity contribution in [2.24, 2.45) is 0 Å². The van der Waals surface area contributed by atoms with E-state index >= 15 is 0 Å². The van der Waals surface area contributed by atoms with Gasteiger partial charge in [0.15, 0.2) is 0 Å². The molecular weight excluding hydrogens is 312 g/mol. The van der Waals surface area contributed by atoms with Crippen molar-refractivity contribution in [1.29, 1.82) is 0 Å². The minimum atomic E-state index is -0.248. The number of carbonyl (C=O) groups is 1. The van der Waals surface area contributed by atoms with Crippen molar-refractivity contribution in [2.45, 2.75) is 6.42 Å². The average Bonchev–Trinajstić information content (AvgIpc) is 2.57. The summed E-state index contributed by atoms with van der Waals surface area (Å²) in [4.78, 5) is 11.7. The van der Waals surface area contributed by atoms with Crippen molar-refractivity contribution in [3.63, 3.8) is 0 Å². The summed E-state index contributed by atoms with van der Waals surface area (Å²) in [6, 6.07) is 14.9. The Morgan fingerprint density at radius 3 is 2.61 bits per heavy atom. The first-order chi connectivity index (χ1) is 11.2. The van der Waals surface area contributed by atoms with Crippen LogP contribution in [0.4, 0.5) is 4.79 Å². The zero-order chi connectivity index (χ0) is 16.5. The van der Waals surface area contributed by atoms with E-state index in [1.54, 1.807) is 13.3 Å². The molecule has 120 valence electrons.